The van der Waals surface area contributed by atoms with Crippen molar-refractivity contribution in [2.24, 2.45) is 0 Å². The van der Waals surface area contributed by atoms with Gasteiger partial charge >= 0.3 is 7.82 Å². The molecule has 0 radical (unpaired) electrons. The average Bonchev–Trinajstić information content (AvgIpc) is 2.41. The molecule has 0 spiro atoms. The molecule has 118 valence electrons. The van der Waals surface area contributed by atoms with Gasteiger partial charge < -0.3 is 14.7 Å². The van der Waals surface area contributed by atoms with Crippen LogP contribution in [0.4, 0.5) is 0 Å². The van der Waals surface area contributed by atoms with Crippen LogP contribution in [-0.4, -0.2) is 20.0 Å². The van der Waals surface area contributed by atoms with Crippen molar-refractivity contribution in [2.75, 3.05) is 0 Å². The highest BCUT2D eigenvalue weighted by molar-refractivity contribution is 7.46. The number of phenolic OH excluding ortho intramolecular Hbond substituents is 2. The third kappa shape index (κ3) is 4.01. The molecule has 0 aliphatic rings. The van der Waals surface area contributed by atoms with E-state index in [9.17, 15) is 14.8 Å². The number of phosphoric ester groups is 1. The zero-order valence-electron chi connectivity index (χ0n) is 11.9. The number of hydrogen-bond acceptors (Lipinski definition) is 4. The summed E-state index contributed by atoms with van der Waals surface area (Å²) in [5, 5.41) is 19.3. The maximum Gasteiger partial charge on any atom is 0.524 e. The lowest BCUT2D eigenvalue weighted by Crippen LogP contribution is -2.03. The molecule has 1 atom stereocenters. The Labute approximate surface area is 127 Å². The topological polar surface area (TPSA) is 107 Å². The Bertz CT molecular complexity index is 709. The zero-order valence-corrected chi connectivity index (χ0v) is 12.8. The van der Waals surface area contributed by atoms with Crippen molar-refractivity contribution in [3.05, 3.63) is 53.6 Å². The SMILES string of the molecule is CCC(c1cccc(O)c1)c1cc(O)ccc1OP(=O)(O)O. The molecule has 0 heterocycles. The van der Waals surface area contributed by atoms with Crippen LogP contribution in [0.2, 0.25) is 0 Å². The summed E-state index contributed by atoms with van der Waals surface area (Å²) in [6.45, 7) is 1.89. The number of rotatable bonds is 5. The fraction of sp³-hybridized carbons (Fsp3) is 0.200. The third-order valence-corrected chi connectivity index (χ3v) is 3.70. The van der Waals surface area contributed by atoms with Crippen LogP contribution in [0.25, 0.3) is 0 Å². The summed E-state index contributed by atoms with van der Waals surface area (Å²) in [4.78, 5) is 18.0. The van der Waals surface area contributed by atoms with Gasteiger partial charge in [-0.2, -0.15) is 0 Å². The van der Waals surface area contributed by atoms with Gasteiger partial charge in [0.1, 0.15) is 17.2 Å². The maximum atomic E-state index is 11.1. The number of aromatic hydroxyl groups is 2. The molecule has 0 aliphatic heterocycles. The van der Waals surface area contributed by atoms with Crippen LogP contribution >= 0.6 is 7.82 Å². The van der Waals surface area contributed by atoms with E-state index in [4.69, 9.17) is 14.3 Å². The van der Waals surface area contributed by atoms with Gasteiger partial charge in [-0.05, 0) is 42.3 Å². The molecular weight excluding hydrogens is 307 g/mol. The van der Waals surface area contributed by atoms with Crippen molar-refractivity contribution in [3.8, 4) is 17.2 Å². The van der Waals surface area contributed by atoms with Crippen molar-refractivity contribution < 1.29 is 29.1 Å². The number of phosphoric acid groups is 1. The van der Waals surface area contributed by atoms with Gasteiger partial charge in [0.25, 0.3) is 0 Å². The maximum absolute atomic E-state index is 11.1. The first-order valence-electron chi connectivity index (χ1n) is 6.67. The molecule has 0 aromatic heterocycles. The van der Waals surface area contributed by atoms with E-state index in [0.717, 1.165) is 5.56 Å². The Hall–Kier alpha value is -2.01. The van der Waals surface area contributed by atoms with Crippen molar-refractivity contribution in [1.29, 1.82) is 0 Å². The quantitative estimate of drug-likeness (QED) is 0.630. The Kier molecular flexibility index (Phi) is 4.76. The first kappa shape index (κ1) is 16.4. The predicted octanol–water partition coefficient (Wildman–Crippen LogP) is 3.11. The molecular formula is C15H17O6P. The van der Waals surface area contributed by atoms with E-state index in [2.05, 4.69) is 0 Å². The fourth-order valence-electron chi connectivity index (χ4n) is 2.40. The Morgan fingerprint density at radius 3 is 2.36 bits per heavy atom. The lowest BCUT2D eigenvalue weighted by Gasteiger charge is -2.20. The van der Waals surface area contributed by atoms with Gasteiger partial charge in [-0.15, -0.1) is 0 Å². The van der Waals surface area contributed by atoms with E-state index in [1.807, 2.05) is 6.92 Å². The van der Waals surface area contributed by atoms with Crippen LogP contribution in [-0.2, 0) is 4.57 Å². The molecule has 6 nitrogen and oxygen atoms in total. The average molecular weight is 324 g/mol. The minimum absolute atomic E-state index is 0.00123. The second-order valence-electron chi connectivity index (χ2n) is 4.86. The molecule has 1 unspecified atom stereocenters. The Balaban J connectivity index is 2.52. The van der Waals surface area contributed by atoms with Crippen LogP contribution in [0.1, 0.15) is 30.4 Å². The lowest BCUT2D eigenvalue weighted by atomic mass is 9.88. The highest BCUT2D eigenvalue weighted by Gasteiger charge is 2.23. The van der Waals surface area contributed by atoms with Crippen LogP contribution in [0.3, 0.4) is 0 Å². The smallest absolute Gasteiger partial charge is 0.508 e. The van der Waals surface area contributed by atoms with Crippen LogP contribution < -0.4 is 4.52 Å². The number of phenols is 2. The van der Waals surface area contributed by atoms with Gasteiger partial charge in [-0.25, -0.2) is 4.57 Å². The summed E-state index contributed by atoms with van der Waals surface area (Å²) in [6.07, 6.45) is 0.588. The summed E-state index contributed by atoms with van der Waals surface area (Å²) in [6, 6.07) is 10.6. The Morgan fingerprint density at radius 1 is 1.09 bits per heavy atom. The van der Waals surface area contributed by atoms with Crippen molar-refractivity contribution >= 4 is 7.82 Å². The van der Waals surface area contributed by atoms with Crippen LogP contribution in [0, 0.1) is 0 Å². The monoisotopic (exact) mass is 324 g/mol. The second-order valence-corrected chi connectivity index (χ2v) is 6.02. The fourth-order valence-corrected chi connectivity index (χ4v) is 2.82. The highest BCUT2D eigenvalue weighted by Crippen LogP contribution is 2.44. The predicted molar refractivity (Wildman–Crippen MR) is 81.0 cm³/mol. The van der Waals surface area contributed by atoms with E-state index >= 15 is 0 Å². The molecule has 22 heavy (non-hydrogen) atoms. The van der Waals surface area contributed by atoms with Crippen LogP contribution in [0.5, 0.6) is 17.2 Å². The third-order valence-electron chi connectivity index (χ3n) is 3.27. The molecule has 0 aliphatic carbocycles. The lowest BCUT2D eigenvalue weighted by molar-refractivity contribution is 0.281. The van der Waals surface area contributed by atoms with Crippen molar-refractivity contribution in [2.45, 2.75) is 19.3 Å². The molecule has 0 saturated carbocycles. The molecule has 7 heteroatoms. The van der Waals surface area contributed by atoms with E-state index in [-0.39, 0.29) is 23.2 Å². The standard InChI is InChI=1S/C15H17O6P/c1-2-13(10-4-3-5-11(16)8-10)14-9-12(17)6-7-15(14)21-22(18,19)20/h3-9,13,16-17H,2H2,1H3,(H2,18,19,20). The molecule has 2 rings (SSSR count). The summed E-state index contributed by atoms with van der Waals surface area (Å²) in [7, 11) is -4.71. The summed E-state index contributed by atoms with van der Waals surface area (Å²) in [5.74, 6) is -0.234. The highest BCUT2D eigenvalue weighted by atomic mass is 31.2. The molecule has 0 fully saturated rings. The van der Waals surface area contributed by atoms with Gasteiger partial charge in [-0.1, -0.05) is 19.1 Å². The molecule has 4 N–H and O–H groups in total. The summed E-state index contributed by atoms with van der Waals surface area (Å²) >= 11 is 0. The van der Waals surface area contributed by atoms with Gasteiger partial charge in [0, 0.05) is 11.5 Å². The first-order valence-corrected chi connectivity index (χ1v) is 8.20. The van der Waals surface area contributed by atoms with E-state index < -0.39 is 7.82 Å². The van der Waals surface area contributed by atoms with Gasteiger partial charge in [0.15, 0.2) is 0 Å². The molecule has 0 amide bonds. The Morgan fingerprint density at radius 2 is 1.77 bits per heavy atom. The van der Waals surface area contributed by atoms with Crippen LogP contribution in [0.15, 0.2) is 42.5 Å². The minimum atomic E-state index is -4.71. The molecule has 2 aromatic rings. The van der Waals surface area contributed by atoms with E-state index in [1.165, 1.54) is 24.3 Å². The van der Waals surface area contributed by atoms with Gasteiger partial charge in [0.2, 0.25) is 0 Å². The van der Waals surface area contributed by atoms with E-state index in [0.29, 0.717) is 12.0 Å². The van der Waals surface area contributed by atoms with Gasteiger partial charge in [0.05, 0.1) is 0 Å². The van der Waals surface area contributed by atoms with Crippen molar-refractivity contribution in [1.82, 2.24) is 0 Å². The number of hydrogen-bond donors (Lipinski definition) is 4. The number of benzene rings is 2. The second kappa shape index (κ2) is 6.40. The molecule has 0 bridgehead atoms. The van der Waals surface area contributed by atoms with E-state index in [1.54, 1.807) is 18.2 Å². The molecule has 0 saturated heterocycles. The minimum Gasteiger partial charge on any atom is -0.508 e. The summed E-state index contributed by atoms with van der Waals surface area (Å²) in [5.41, 5.74) is 1.19. The van der Waals surface area contributed by atoms with Gasteiger partial charge in [-0.3, -0.25) is 9.79 Å². The first-order chi connectivity index (χ1) is 10.3. The normalized spacial score (nSPS) is 12.9. The molecule has 2 aromatic carbocycles. The van der Waals surface area contributed by atoms with Crippen molar-refractivity contribution in [3.63, 3.8) is 0 Å². The largest absolute Gasteiger partial charge is 0.524 e. The summed E-state index contributed by atoms with van der Waals surface area (Å²) < 4.78 is 15.8. The zero-order chi connectivity index (χ0) is 16.3.